The lowest BCUT2D eigenvalue weighted by molar-refractivity contribution is -0.137. The maximum atomic E-state index is 13.5. The van der Waals surface area contributed by atoms with Gasteiger partial charge in [0.2, 0.25) is 5.76 Å². The molecule has 0 saturated carbocycles. The molecule has 35 heavy (non-hydrogen) atoms. The summed E-state index contributed by atoms with van der Waals surface area (Å²) in [7, 11) is 1.44. The smallest absolute Gasteiger partial charge is 0.417 e. The quantitative estimate of drug-likeness (QED) is 0.637. The molecule has 0 unspecified atom stereocenters. The highest BCUT2D eigenvalue weighted by Gasteiger charge is 2.51. The number of likely N-dealkylation sites (N-methyl/N-ethyl adjacent to an activating group) is 1. The number of ether oxygens (including phenoxy) is 2. The molecule has 0 bridgehead atoms. The third-order valence-corrected chi connectivity index (χ3v) is 5.87. The summed E-state index contributed by atoms with van der Waals surface area (Å²) in [5.74, 6) is -0.590. The third-order valence-electron chi connectivity index (χ3n) is 5.50. The highest BCUT2D eigenvalue weighted by atomic mass is 32.1. The van der Waals surface area contributed by atoms with Crippen molar-refractivity contribution in [1.82, 2.24) is 5.32 Å². The zero-order chi connectivity index (χ0) is 25.7. The van der Waals surface area contributed by atoms with Gasteiger partial charge in [0.05, 0.1) is 22.9 Å². The number of thiocarbonyl (C=S) groups is 1. The van der Waals surface area contributed by atoms with Crippen molar-refractivity contribution in [2.75, 3.05) is 16.8 Å². The molecule has 0 spiro atoms. The van der Waals surface area contributed by atoms with E-state index in [0.717, 1.165) is 23.3 Å². The van der Waals surface area contributed by atoms with Crippen LogP contribution in [0.3, 0.4) is 0 Å². The third kappa shape index (κ3) is 3.93. The van der Waals surface area contributed by atoms with Crippen LogP contribution in [0.4, 0.5) is 24.5 Å². The summed E-state index contributed by atoms with van der Waals surface area (Å²) in [6.45, 7) is 3.16. The Kier molecular flexibility index (Phi) is 5.68. The number of fused-ring (bicyclic) bond motifs is 1. The fourth-order valence-electron chi connectivity index (χ4n) is 3.75. The van der Waals surface area contributed by atoms with Gasteiger partial charge in [-0.05, 0) is 56.4 Å². The van der Waals surface area contributed by atoms with E-state index in [-0.39, 0.29) is 28.1 Å². The van der Waals surface area contributed by atoms with Gasteiger partial charge in [0.15, 0.2) is 16.6 Å². The number of alkyl halides is 3. The molecule has 2 amide bonds. The van der Waals surface area contributed by atoms with E-state index in [0.29, 0.717) is 5.69 Å². The van der Waals surface area contributed by atoms with Crippen molar-refractivity contribution in [3.8, 4) is 17.6 Å². The van der Waals surface area contributed by atoms with E-state index in [4.69, 9.17) is 27.0 Å². The summed E-state index contributed by atoms with van der Waals surface area (Å²) in [5, 5.41) is 11.4. The SMILES string of the molecule is CNC(=O)C1=COc2cc(N3C(=S)N(c4ccc(C#N)c(C(F)(F)F)c4)C(=O)C3(C)C)ccc2O1. The van der Waals surface area contributed by atoms with Crippen molar-refractivity contribution in [2.45, 2.75) is 25.6 Å². The van der Waals surface area contributed by atoms with Crippen LogP contribution in [0.25, 0.3) is 0 Å². The van der Waals surface area contributed by atoms with Crippen LogP contribution < -0.4 is 24.6 Å². The Morgan fingerprint density at radius 3 is 2.46 bits per heavy atom. The van der Waals surface area contributed by atoms with Crippen molar-refractivity contribution in [3.63, 3.8) is 0 Å². The van der Waals surface area contributed by atoms with Crippen molar-refractivity contribution in [2.24, 2.45) is 0 Å². The van der Waals surface area contributed by atoms with Crippen LogP contribution in [-0.4, -0.2) is 29.5 Å². The first kappa shape index (κ1) is 24.0. The molecule has 4 rings (SSSR count). The Bertz CT molecular complexity index is 1350. The van der Waals surface area contributed by atoms with Gasteiger partial charge in [-0.1, -0.05) is 0 Å². The van der Waals surface area contributed by atoms with E-state index in [1.54, 1.807) is 19.9 Å². The molecule has 1 saturated heterocycles. The van der Waals surface area contributed by atoms with Gasteiger partial charge >= 0.3 is 6.18 Å². The normalized spacial score (nSPS) is 16.7. The van der Waals surface area contributed by atoms with Crippen LogP contribution in [0.1, 0.15) is 25.0 Å². The number of benzene rings is 2. The average Bonchev–Trinajstić information content (AvgIpc) is 3.00. The number of nitriles is 1. The number of rotatable bonds is 3. The van der Waals surface area contributed by atoms with Gasteiger partial charge in [-0.15, -0.1) is 0 Å². The molecule has 2 aliphatic heterocycles. The minimum Gasteiger partial charge on any atom is -0.457 e. The van der Waals surface area contributed by atoms with Gasteiger partial charge in [-0.2, -0.15) is 18.4 Å². The molecule has 0 atom stereocenters. The zero-order valence-corrected chi connectivity index (χ0v) is 19.4. The maximum Gasteiger partial charge on any atom is 0.417 e. The second kappa shape index (κ2) is 8.28. The minimum absolute atomic E-state index is 0.0487. The molecule has 1 N–H and O–H groups in total. The van der Waals surface area contributed by atoms with Gasteiger partial charge in [-0.3, -0.25) is 14.5 Å². The number of nitrogens with zero attached hydrogens (tertiary/aromatic N) is 3. The van der Waals surface area contributed by atoms with Gasteiger partial charge in [0.1, 0.15) is 11.8 Å². The molecule has 12 heteroatoms. The fraction of sp³-hybridized carbons (Fsp3) is 0.217. The number of hydrogen-bond acceptors (Lipinski definition) is 6. The average molecular weight is 502 g/mol. The van der Waals surface area contributed by atoms with Crippen molar-refractivity contribution in [1.29, 1.82) is 5.26 Å². The monoisotopic (exact) mass is 502 g/mol. The van der Waals surface area contributed by atoms with Crippen molar-refractivity contribution >= 4 is 40.5 Å². The molecule has 2 aromatic rings. The van der Waals surface area contributed by atoms with Gasteiger partial charge < -0.3 is 19.7 Å². The minimum atomic E-state index is -4.79. The Hall–Kier alpha value is -4.11. The number of amides is 2. The molecular weight excluding hydrogens is 485 g/mol. The standard InChI is InChI=1S/C23H17F3N4O4S/c1-22(2)20(32)29(13-5-4-12(10-27)15(8-13)23(24,25)26)21(35)30(22)14-6-7-16-17(9-14)33-11-18(34-16)19(31)28-3/h4-9,11H,1-3H3,(H,28,31). The first-order chi connectivity index (χ1) is 16.4. The first-order valence-corrected chi connectivity index (χ1v) is 10.5. The Balaban J connectivity index is 1.72. The molecule has 2 aromatic carbocycles. The van der Waals surface area contributed by atoms with Crippen LogP contribution in [-0.2, 0) is 15.8 Å². The number of halogens is 3. The van der Waals surface area contributed by atoms with Crippen LogP contribution in [0.5, 0.6) is 11.5 Å². The van der Waals surface area contributed by atoms with Crippen molar-refractivity contribution in [3.05, 3.63) is 59.5 Å². The topological polar surface area (TPSA) is 94.9 Å². The summed E-state index contributed by atoms with van der Waals surface area (Å²) >= 11 is 5.52. The lowest BCUT2D eigenvalue weighted by Crippen LogP contribution is -2.44. The van der Waals surface area contributed by atoms with E-state index >= 15 is 0 Å². The Labute approximate surface area is 203 Å². The summed E-state index contributed by atoms with van der Waals surface area (Å²) in [6.07, 6.45) is -3.66. The van der Waals surface area contributed by atoms with Gasteiger partial charge in [0.25, 0.3) is 11.8 Å². The van der Waals surface area contributed by atoms with Crippen molar-refractivity contribution < 1.29 is 32.2 Å². The fourth-order valence-corrected chi connectivity index (χ4v) is 4.28. The van der Waals surface area contributed by atoms with E-state index in [1.807, 2.05) is 0 Å². The molecule has 2 aliphatic rings. The Morgan fingerprint density at radius 1 is 1.14 bits per heavy atom. The van der Waals surface area contributed by atoms with E-state index in [1.165, 1.54) is 36.2 Å². The van der Waals surface area contributed by atoms with Crippen LogP contribution in [0.15, 0.2) is 48.4 Å². The summed E-state index contributed by atoms with van der Waals surface area (Å²) < 4.78 is 51.5. The number of carbonyl (C=O) groups excluding carboxylic acids is 2. The van der Waals surface area contributed by atoms with Gasteiger partial charge in [-0.25, -0.2) is 0 Å². The number of anilines is 2. The predicted octanol–water partition coefficient (Wildman–Crippen LogP) is 3.85. The molecular formula is C23H17F3N4O4S. The lowest BCUT2D eigenvalue weighted by atomic mass is 10.0. The second-order valence-corrected chi connectivity index (χ2v) is 8.43. The largest absolute Gasteiger partial charge is 0.457 e. The second-order valence-electron chi connectivity index (χ2n) is 8.07. The van der Waals surface area contributed by atoms with Gasteiger partial charge in [0, 0.05) is 18.8 Å². The summed E-state index contributed by atoms with van der Waals surface area (Å²) in [6, 6.07) is 9.14. The molecule has 2 heterocycles. The first-order valence-electron chi connectivity index (χ1n) is 10.1. The molecule has 1 fully saturated rings. The van der Waals surface area contributed by atoms with Crippen LogP contribution >= 0.6 is 12.2 Å². The zero-order valence-electron chi connectivity index (χ0n) is 18.6. The summed E-state index contributed by atoms with van der Waals surface area (Å²) in [5.41, 5.74) is -2.69. The number of nitrogens with one attached hydrogen (secondary N) is 1. The maximum absolute atomic E-state index is 13.5. The predicted molar refractivity (Wildman–Crippen MR) is 123 cm³/mol. The highest BCUT2D eigenvalue weighted by molar-refractivity contribution is 7.81. The number of hydrogen-bond donors (Lipinski definition) is 1. The lowest BCUT2D eigenvalue weighted by Gasteiger charge is -2.30. The molecule has 0 radical (unpaired) electrons. The summed E-state index contributed by atoms with van der Waals surface area (Å²) in [4.78, 5) is 27.6. The van der Waals surface area contributed by atoms with E-state index < -0.39 is 34.7 Å². The van der Waals surface area contributed by atoms with Crippen LogP contribution in [0, 0.1) is 11.3 Å². The molecule has 180 valence electrons. The molecule has 0 aromatic heterocycles. The van der Waals surface area contributed by atoms with Crippen LogP contribution in [0.2, 0.25) is 0 Å². The molecule has 8 nitrogen and oxygen atoms in total. The highest BCUT2D eigenvalue weighted by Crippen LogP contribution is 2.42. The molecule has 0 aliphatic carbocycles. The number of carbonyl (C=O) groups is 2. The van der Waals surface area contributed by atoms with E-state index in [9.17, 15) is 22.8 Å². The Morgan fingerprint density at radius 2 is 1.83 bits per heavy atom. The van der Waals surface area contributed by atoms with E-state index in [2.05, 4.69) is 5.32 Å².